The molecule has 1 aliphatic heterocycles. The Balaban J connectivity index is 1.38. The minimum atomic E-state index is -0.444. The van der Waals surface area contributed by atoms with E-state index < -0.39 is 5.60 Å². The maximum atomic E-state index is 11.9. The number of likely N-dealkylation sites (tertiary alicyclic amines) is 1. The lowest BCUT2D eigenvalue weighted by Crippen LogP contribution is -2.52. The standard InChI is InChI=1S/C17H27N3O3S/c1-17(2,3)22-16(21)20-9-12(10-20)8-15-18-14(19-23-15)11-24-13-6-4-5-7-13/h12-13H,4-11H2,1-3H3. The fourth-order valence-corrected chi connectivity index (χ4v) is 4.27. The van der Waals surface area contributed by atoms with Gasteiger partial charge in [0.15, 0.2) is 5.82 Å². The van der Waals surface area contributed by atoms with Crippen molar-refractivity contribution in [3.63, 3.8) is 0 Å². The highest BCUT2D eigenvalue weighted by Crippen LogP contribution is 2.31. The van der Waals surface area contributed by atoms with Gasteiger partial charge in [-0.1, -0.05) is 18.0 Å². The van der Waals surface area contributed by atoms with Crippen molar-refractivity contribution in [1.29, 1.82) is 0 Å². The van der Waals surface area contributed by atoms with E-state index in [1.807, 2.05) is 32.5 Å². The van der Waals surface area contributed by atoms with Crippen LogP contribution in [-0.4, -0.2) is 45.1 Å². The van der Waals surface area contributed by atoms with E-state index in [0.717, 1.165) is 23.2 Å². The number of hydrogen-bond acceptors (Lipinski definition) is 6. The van der Waals surface area contributed by atoms with Gasteiger partial charge in [0.25, 0.3) is 0 Å². The lowest BCUT2D eigenvalue weighted by atomic mass is 9.97. The van der Waals surface area contributed by atoms with Crippen LogP contribution in [0, 0.1) is 5.92 Å². The van der Waals surface area contributed by atoms with E-state index in [2.05, 4.69) is 10.1 Å². The molecule has 1 saturated heterocycles. The molecule has 6 nitrogen and oxygen atoms in total. The second-order valence-electron chi connectivity index (χ2n) is 7.78. The van der Waals surface area contributed by atoms with Crippen molar-refractivity contribution >= 4 is 17.9 Å². The first-order valence-corrected chi connectivity index (χ1v) is 9.85. The van der Waals surface area contributed by atoms with Crippen LogP contribution >= 0.6 is 11.8 Å². The summed E-state index contributed by atoms with van der Waals surface area (Å²) in [6.45, 7) is 7.04. The number of hydrogen-bond donors (Lipinski definition) is 0. The second-order valence-corrected chi connectivity index (χ2v) is 9.07. The summed E-state index contributed by atoms with van der Waals surface area (Å²) in [5, 5.41) is 4.84. The fourth-order valence-electron chi connectivity index (χ4n) is 3.10. The molecule has 7 heteroatoms. The van der Waals surface area contributed by atoms with Crippen molar-refractivity contribution in [2.75, 3.05) is 13.1 Å². The molecule has 2 heterocycles. The zero-order valence-electron chi connectivity index (χ0n) is 14.8. The Morgan fingerprint density at radius 1 is 1.33 bits per heavy atom. The van der Waals surface area contributed by atoms with Crippen LogP contribution in [0.4, 0.5) is 4.79 Å². The molecule has 3 rings (SSSR count). The van der Waals surface area contributed by atoms with Gasteiger partial charge in [-0.25, -0.2) is 4.79 Å². The Morgan fingerprint density at radius 2 is 2.04 bits per heavy atom. The molecule has 1 aromatic heterocycles. The van der Waals surface area contributed by atoms with Gasteiger partial charge in [-0.05, 0) is 33.6 Å². The lowest BCUT2D eigenvalue weighted by molar-refractivity contribution is -0.00186. The Kier molecular flexibility index (Phi) is 5.37. The summed E-state index contributed by atoms with van der Waals surface area (Å²) in [7, 11) is 0. The van der Waals surface area contributed by atoms with Gasteiger partial charge in [0, 0.05) is 30.7 Å². The molecule has 2 fully saturated rings. The van der Waals surface area contributed by atoms with Crippen LogP contribution in [0.5, 0.6) is 0 Å². The lowest BCUT2D eigenvalue weighted by Gasteiger charge is -2.39. The zero-order chi connectivity index (χ0) is 17.2. The topological polar surface area (TPSA) is 68.5 Å². The van der Waals surface area contributed by atoms with Crippen molar-refractivity contribution < 1.29 is 14.1 Å². The molecule has 1 amide bonds. The second kappa shape index (κ2) is 7.33. The third kappa shape index (κ3) is 4.88. The van der Waals surface area contributed by atoms with Crippen LogP contribution < -0.4 is 0 Å². The highest BCUT2D eigenvalue weighted by molar-refractivity contribution is 7.99. The molecule has 1 saturated carbocycles. The van der Waals surface area contributed by atoms with E-state index in [1.54, 1.807) is 4.90 Å². The van der Waals surface area contributed by atoms with Gasteiger partial charge in [-0.15, -0.1) is 0 Å². The third-order valence-corrected chi connectivity index (χ3v) is 5.70. The van der Waals surface area contributed by atoms with Crippen molar-refractivity contribution in [1.82, 2.24) is 15.0 Å². The predicted octanol–water partition coefficient (Wildman–Crippen LogP) is 3.65. The van der Waals surface area contributed by atoms with Crippen molar-refractivity contribution in [3.05, 3.63) is 11.7 Å². The smallest absolute Gasteiger partial charge is 0.410 e. The molecule has 0 N–H and O–H groups in total. The molecular formula is C17H27N3O3S. The summed E-state index contributed by atoms with van der Waals surface area (Å²) >= 11 is 1.94. The number of ether oxygens (including phenoxy) is 1. The van der Waals surface area contributed by atoms with E-state index in [4.69, 9.17) is 9.26 Å². The fraction of sp³-hybridized carbons (Fsp3) is 0.824. The van der Waals surface area contributed by atoms with Crippen LogP contribution in [0.1, 0.15) is 58.2 Å². The molecule has 0 aromatic carbocycles. The Bertz CT molecular complexity index is 558. The Hall–Kier alpha value is -1.24. The Labute approximate surface area is 147 Å². The number of rotatable bonds is 5. The number of thioether (sulfide) groups is 1. The summed E-state index contributed by atoms with van der Waals surface area (Å²) in [5.41, 5.74) is -0.444. The highest BCUT2D eigenvalue weighted by atomic mass is 32.2. The molecule has 0 spiro atoms. The molecular weight excluding hydrogens is 326 g/mol. The third-order valence-electron chi connectivity index (χ3n) is 4.33. The largest absolute Gasteiger partial charge is 0.444 e. The monoisotopic (exact) mass is 353 g/mol. The van der Waals surface area contributed by atoms with E-state index in [0.29, 0.717) is 24.9 Å². The first kappa shape index (κ1) is 17.6. The molecule has 24 heavy (non-hydrogen) atoms. The summed E-state index contributed by atoms with van der Waals surface area (Å²) in [6, 6.07) is 0. The average molecular weight is 353 g/mol. The molecule has 0 radical (unpaired) electrons. The van der Waals surface area contributed by atoms with E-state index >= 15 is 0 Å². The van der Waals surface area contributed by atoms with E-state index in [-0.39, 0.29) is 6.09 Å². The van der Waals surface area contributed by atoms with Crippen LogP contribution in [0.2, 0.25) is 0 Å². The molecule has 1 aromatic rings. The first-order valence-electron chi connectivity index (χ1n) is 8.80. The van der Waals surface area contributed by atoms with Crippen LogP contribution in [-0.2, 0) is 16.9 Å². The molecule has 0 bridgehead atoms. The summed E-state index contributed by atoms with van der Waals surface area (Å²) in [6.07, 6.45) is 5.84. The number of amides is 1. The number of aromatic nitrogens is 2. The maximum absolute atomic E-state index is 11.9. The normalized spacial score (nSPS) is 19.5. The summed E-state index contributed by atoms with van der Waals surface area (Å²) in [5.74, 6) is 2.70. The van der Waals surface area contributed by atoms with Gasteiger partial charge in [-0.2, -0.15) is 16.7 Å². The summed E-state index contributed by atoms with van der Waals surface area (Å²) in [4.78, 5) is 18.1. The van der Waals surface area contributed by atoms with Gasteiger partial charge in [0.05, 0.1) is 5.75 Å². The van der Waals surface area contributed by atoms with Crippen LogP contribution in [0.3, 0.4) is 0 Å². The highest BCUT2D eigenvalue weighted by Gasteiger charge is 2.34. The maximum Gasteiger partial charge on any atom is 0.410 e. The van der Waals surface area contributed by atoms with Gasteiger partial charge in [0.2, 0.25) is 5.89 Å². The van der Waals surface area contributed by atoms with E-state index in [9.17, 15) is 4.79 Å². The van der Waals surface area contributed by atoms with Gasteiger partial charge < -0.3 is 14.2 Å². The average Bonchev–Trinajstić information content (AvgIpc) is 3.09. The predicted molar refractivity (Wildman–Crippen MR) is 92.9 cm³/mol. The molecule has 2 aliphatic rings. The van der Waals surface area contributed by atoms with E-state index in [1.165, 1.54) is 25.7 Å². The van der Waals surface area contributed by atoms with Crippen molar-refractivity contribution in [2.24, 2.45) is 5.92 Å². The quantitative estimate of drug-likeness (QED) is 0.805. The number of nitrogens with zero attached hydrogens (tertiary/aromatic N) is 3. The molecule has 1 aliphatic carbocycles. The molecule has 134 valence electrons. The zero-order valence-corrected chi connectivity index (χ0v) is 15.6. The van der Waals surface area contributed by atoms with Crippen molar-refractivity contribution in [2.45, 2.75) is 69.5 Å². The van der Waals surface area contributed by atoms with Gasteiger partial charge >= 0.3 is 6.09 Å². The van der Waals surface area contributed by atoms with Gasteiger partial charge in [-0.3, -0.25) is 0 Å². The van der Waals surface area contributed by atoms with Crippen molar-refractivity contribution in [3.8, 4) is 0 Å². The van der Waals surface area contributed by atoms with Crippen LogP contribution in [0.25, 0.3) is 0 Å². The minimum absolute atomic E-state index is 0.238. The summed E-state index contributed by atoms with van der Waals surface area (Å²) < 4.78 is 10.7. The number of carbonyl (C=O) groups excluding carboxylic acids is 1. The molecule has 0 atom stereocenters. The van der Waals surface area contributed by atoms with Gasteiger partial charge in [0.1, 0.15) is 5.60 Å². The Morgan fingerprint density at radius 3 is 2.71 bits per heavy atom. The van der Waals surface area contributed by atoms with Crippen LogP contribution in [0.15, 0.2) is 4.52 Å². The number of carbonyl (C=O) groups is 1. The molecule has 0 unspecified atom stereocenters. The minimum Gasteiger partial charge on any atom is -0.444 e. The first-order chi connectivity index (χ1) is 11.4. The SMILES string of the molecule is CC(C)(C)OC(=O)N1CC(Cc2nc(CSC3CCCC3)no2)C1.